The molecule has 5 heteroatoms. The molecule has 1 N–H and O–H groups in total. The Kier molecular flexibility index (Phi) is 4.31. The molecule has 0 saturated carbocycles. The van der Waals surface area contributed by atoms with E-state index in [1.54, 1.807) is 0 Å². The van der Waals surface area contributed by atoms with Crippen LogP contribution in [0.4, 0.5) is 0 Å². The Morgan fingerprint density at radius 1 is 1.47 bits per heavy atom. The summed E-state index contributed by atoms with van der Waals surface area (Å²) in [6.45, 7) is 8.70. The van der Waals surface area contributed by atoms with Crippen LogP contribution in [-0.4, -0.2) is 45.2 Å². The average molecular weight is 232 g/mol. The van der Waals surface area contributed by atoms with Gasteiger partial charge in [0.05, 0.1) is 6.26 Å². The van der Waals surface area contributed by atoms with E-state index in [4.69, 9.17) is 0 Å². The zero-order chi connectivity index (χ0) is 11.5. The molecule has 1 saturated heterocycles. The van der Waals surface area contributed by atoms with E-state index in [9.17, 15) is 8.42 Å². The van der Waals surface area contributed by atoms with Crippen molar-refractivity contribution in [3.63, 3.8) is 0 Å². The van der Waals surface area contributed by atoms with Crippen LogP contribution in [0.25, 0.3) is 0 Å². The molecule has 0 amide bonds. The minimum atomic E-state index is -3.05. The second-order valence-electron chi connectivity index (χ2n) is 4.40. The minimum Gasteiger partial charge on any atom is -0.299 e. The van der Waals surface area contributed by atoms with Gasteiger partial charge in [-0.15, -0.1) is 0 Å². The molecule has 0 unspecified atom stereocenters. The van der Waals surface area contributed by atoms with Gasteiger partial charge in [-0.1, -0.05) is 12.2 Å². The lowest BCUT2D eigenvalue weighted by Gasteiger charge is -2.31. The molecule has 0 radical (unpaired) electrons. The molecular weight excluding hydrogens is 212 g/mol. The maximum Gasteiger partial charge on any atom is 0.208 e. The summed E-state index contributed by atoms with van der Waals surface area (Å²) in [4.78, 5) is 2.31. The van der Waals surface area contributed by atoms with Gasteiger partial charge in [0.2, 0.25) is 10.0 Å². The fourth-order valence-electron chi connectivity index (χ4n) is 1.89. The molecule has 1 heterocycles. The van der Waals surface area contributed by atoms with Crippen LogP contribution in [0.15, 0.2) is 12.2 Å². The van der Waals surface area contributed by atoms with Gasteiger partial charge in [-0.2, -0.15) is 0 Å². The number of likely N-dealkylation sites (tertiary alicyclic amines) is 1. The summed E-state index contributed by atoms with van der Waals surface area (Å²) in [7, 11) is -3.05. The number of hydrogen-bond donors (Lipinski definition) is 1. The molecule has 0 aromatic heterocycles. The van der Waals surface area contributed by atoms with Gasteiger partial charge in [0, 0.05) is 12.6 Å². The highest BCUT2D eigenvalue weighted by Gasteiger charge is 2.21. The van der Waals surface area contributed by atoms with Crippen LogP contribution in [0.2, 0.25) is 0 Å². The summed E-state index contributed by atoms with van der Waals surface area (Å²) in [5.74, 6) is 0. The molecule has 0 aromatic rings. The Morgan fingerprint density at radius 2 is 2.00 bits per heavy atom. The van der Waals surface area contributed by atoms with Crippen molar-refractivity contribution in [3.8, 4) is 0 Å². The number of rotatable bonds is 4. The van der Waals surface area contributed by atoms with Crippen molar-refractivity contribution in [3.05, 3.63) is 12.2 Å². The first-order valence-corrected chi connectivity index (χ1v) is 7.10. The molecule has 4 nitrogen and oxygen atoms in total. The van der Waals surface area contributed by atoms with E-state index in [2.05, 4.69) is 16.2 Å². The molecule has 0 aliphatic carbocycles. The topological polar surface area (TPSA) is 49.4 Å². The van der Waals surface area contributed by atoms with Crippen LogP contribution >= 0.6 is 0 Å². The van der Waals surface area contributed by atoms with Crippen molar-refractivity contribution in [1.82, 2.24) is 9.62 Å². The molecule has 0 spiro atoms. The number of sulfonamides is 1. The first kappa shape index (κ1) is 12.7. The van der Waals surface area contributed by atoms with E-state index in [-0.39, 0.29) is 6.04 Å². The summed E-state index contributed by atoms with van der Waals surface area (Å²) in [5, 5.41) is 0. The molecule has 0 atom stereocenters. The normalized spacial score (nSPS) is 20.4. The highest BCUT2D eigenvalue weighted by molar-refractivity contribution is 7.88. The number of nitrogens with one attached hydrogen (secondary N) is 1. The van der Waals surface area contributed by atoms with E-state index >= 15 is 0 Å². The third-order valence-electron chi connectivity index (χ3n) is 2.46. The molecule has 0 bridgehead atoms. The predicted molar refractivity (Wildman–Crippen MR) is 62.3 cm³/mol. The van der Waals surface area contributed by atoms with Crippen LogP contribution < -0.4 is 4.72 Å². The molecule has 1 fully saturated rings. The quantitative estimate of drug-likeness (QED) is 0.721. The molecule has 15 heavy (non-hydrogen) atoms. The van der Waals surface area contributed by atoms with Crippen LogP contribution in [0.1, 0.15) is 19.8 Å². The van der Waals surface area contributed by atoms with Crippen LogP contribution in [0.3, 0.4) is 0 Å². The van der Waals surface area contributed by atoms with Crippen molar-refractivity contribution in [2.45, 2.75) is 25.8 Å². The van der Waals surface area contributed by atoms with E-state index in [1.165, 1.54) is 6.26 Å². The Bertz CT molecular complexity index is 316. The molecular formula is C10H20N2O2S. The van der Waals surface area contributed by atoms with Crippen molar-refractivity contribution in [2.24, 2.45) is 0 Å². The van der Waals surface area contributed by atoms with Gasteiger partial charge in [-0.25, -0.2) is 13.1 Å². The largest absolute Gasteiger partial charge is 0.299 e. The molecule has 88 valence electrons. The molecule has 1 rings (SSSR count). The number of nitrogens with zero attached hydrogens (tertiary/aromatic N) is 1. The van der Waals surface area contributed by atoms with E-state index in [0.717, 1.165) is 38.0 Å². The Hall–Kier alpha value is -0.390. The predicted octanol–water partition coefficient (Wildman–Crippen LogP) is 0.576. The van der Waals surface area contributed by atoms with Crippen LogP contribution in [0, 0.1) is 0 Å². The van der Waals surface area contributed by atoms with Gasteiger partial charge < -0.3 is 0 Å². The highest BCUT2D eigenvalue weighted by Crippen LogP contribution is 2.11. The average Bonchev–Trinajstić information content (AvgIpc) is 2.05. The highest BCUT2D eigenvalue weighted by atomic mass is 32.2. The Balaban J connectivity index is 2.33. The van der Waals surface area contributed by atoms with Crippen molar-refractivity contribution < 1.29 is 8.42 Å². The fourth-order valence-corrected chi connectivity index (χ4v) is 2.73. The second-order valence-corrected chi connectivity index (χ2v) is 6.18. The third kappa shape index (κ3) is 5.30. The smallest absolute Gasteiger partial charge is 0.208 e. The van der Waals surface area contributed by atoms with Gasteiger partial charge in [0.1, 0.15) is 0 Å². The van der Waals surface area contributed by atoms with Crippen LogP contribution in [0.5, 0.6) is 0 Å². The standard InChI is InChI=1S/C10H20N2O2S/c1-9(2)8-12-6-4-10(5-7-12)11-15(3,13)14/h10-11H,1,4-8H2,2-3H3. The van der Waals surface area contributed by atoms with E-state index < -0.39 is 10.0 Å². The minimum absolute atomic E-state index is 0.112. The summed E-state index contributed by atoms with van der Waals surface area (Å²) in [5.41, 5.74) is 1.16. The number of piperidine rings is 1. The lowest BCUT2D eigenvalue weighted by Crippen LogP contribution is -2.44. The fraction of sp³-hybridized carbons (Fsp3) is 0.800. The molecule has 1 aliphatic heterocycles. The zero-order valence-corrected chi connectivity index (χ0v) is 10.3. The summed E-state index contributed by atoms with van der Waals surface area (Å²) in [6.07, 6.45) is 2.99. The lowest BCUT2D eigenvalue weighted by molar-refractivity contribution is 0.222. The van der Waals surface area contributed by atoms with Gasteiger partial charge in [0.15, 0.2) is 0 Å². The maximum absolute atomic E-state index is 11.0. The van der Waals surface area contributed by atoms with Crippen LogP contribution in [-0.2, 0) is 10.0 Å². The van der Waals surface area contributed by atoms with Gasteiger partial charge in [0.25, 0.3) is 0 Å². The van der Waals surface area contributed by atoms with Crippen molar-refractivity contribution in [2.75, 3.05) is 25.9 Å². The molecule has 1 aliphatic rings. The summed E-state index contributed by atoms with van der Waals surface area (Å²) < 4.78 is 24.7. The van der Waals surface area contributed by atoms with Gasteiger partial charge >= 0.3 is 0 Å². The third-order valence-corrected chi connectivity index (χ3v) is 3.22. The van der Waals surface area contributed by atoms with E-state index in [1.807, 2.05) is 6.92 Å². The number of hydrogen-bond acceptors (Lipinski definition) is 3. The first-order valence-electron chi connectivity index (χ1n) is 5.21. The summed E-state index contributed by atoms with van der Waals surface area (Å²) >= 11 is 0. The second kappa shape index (κ2) is 5.09. The summed E-state index contributed by atoms with van der Waals surface area (Å²) in [6, 6.07) is 0.112. The van der Waals surface area contributed by atoms with Gasteiger partial charge in [-0.3, -0.25) is 4.90 Å². The first-order chi connectivity index (χ1) is 6.87. The maximum atomic E-state index is 11.0. The monoisotopic (exact) mass is 232 g/mol. The zero-order valence-electron chi connectivity index (χ0n) is 9.49. The van der Waals surface area contributed by atoms with Crippen molar-refractivity contribution in [1.29, 1.82) is 0 Å². The van der Waals surface area contributed by atoms with Gasteiger partial charge in [-0.05, 0) is 32.9 Å². The van der Waals surface area contributed by atoms with Crippen molar-refractivity contribution >= 4 is 10.0 Å². The SMILES string of the molecule is C=C(C)CN1CCC(NS(C)(=O)=O)CC1. The molecule has 0 aromatic carbocycles. The Labute approximate surface area is 92.4 Å². The lowest BCUT2D eigenvalue weighted by atomic mass is 10.1. The Morgan fingerprint density at radius 3 is 2.40 bits per heavy atom. The van der Waals surface area contributed by atoms with E-state index in [0.29, 0.717) is 0 Å².